The van der Waals surface area contributed by atoms with Gasteiger partial charge in [-0.3, -0.25) is 4.79 Å². The number of nitrogens with two attached hydrogens (primary N) is 1. The average molecular weight is 297 g/mol. The van der Waals surface area contributed by atoms with E-state index in [-0.39, 0.29) is 12.4 Å². The minimum atomic E-state index is -3.13. The lowest BCUT2D eigenvalue weighted by Crippen LogP contribution is -2.42. The van der Waals surface area contributed by atoms with Crippen LogP contribution in [0.25, 0.3) is 0 Å². The quantitative estimate of drug-likeness (QED) is 0.874. The summed E-state index contributed by atoms with van der Waals surface area (Å²) in [4.78, 5) is 11.6. The van der Waals surface area contributed by atoms with Crippen LogP contribution in [0.3, 0.4) is 0 Å². The van der Waals surface area contributed by atoms with Gasteiger partial charge >= 0.3 is 0 Å². The molecule has 0 bridgehead atoms. The Morgan fingerprint density at radius 1 is 1.47 bits per heavy atom. The van der Waals surface area contributed by atoms with Crippen molar-refractivity contribution in [2.24, 2.45) is 5.73 Å². The van der Waals surface area contributed by atoms with E-state index in [1.165, 1.54) is 25.1 Å². The Hall–Kier alpha value is -1.27. The summed E-state index contributed by atoms with van der Waals surface area (Å²) in [5.41, 5.74) is 5.28. The summed E-state index contributed by atoms with van der Waals surface area (Å²) in [5, 5.41) is 2.10. The highest BCUT2D eigenvalue weighted by atomic mass is 35.5. The molecule has 0 aromatic heterocycles. The Balaban J connectivity index is 0.00000324. The van der Waals surface area contributed by atoms with E-state index in [2.05, 4.69) is 5.32 Å². The number of hydrogen-bond donors (Lipinski definition) is 2. The molecule has 7 heteroatoms. The van der Waals surface area contributed by atoms with Crippen molar-refractivity contribution in [2.75, 3.05) is 13.1 Å². The molecule has 1 atom stereocenters. The fourth-order valence-electron chi connectivity index (χ4n) is 1.37. The van der Waals surface area contributed by atoms with Gasteiger partial charge < -0.3 is 11.1 Å². The van der Waals surface area contributed by atoms with Crippen molar-refractivity contribution in [3.8, 4) is 0 Å². The smallest absolute Gasteiger partial charge is 0.277 e. The number of rotatable bonds is 5. The molecule has 108 valence electrons. The SMILES string of the molecule is CC(C(=O)NCC(F)(F)CN)c1cccc(F)c1.Cl. The van der Waals surface area contributed by atoms with E-state index in [0.717, 1.165) is 0 Å². The van der Waals surface area contributed by atoms with Crippen molar-refractivity contribution in [1.29, 1.82) is 0 Å². The molecule has 1 unspecified atom stereocenters. The van der Waals surface area contributed by atoms with Crippen molar-refractivity contribution in [3.63, 3.8) is 0 Å². The third-order valence-corrected chi connectivity index (χ3v) is 2.56. The van der Waals surface area contributed by atoms with E-state index in [1.54, 1.807) is 6.07 Å². The van der Waals surface area contributed by atoms with Gasteiger partial charge in [0.15, 0.2) is 0 Å². The zero-order valence-corrected chi connectivity index (χ0v) is 11.1. The van der Waals surface area contributed by atoms with Gasteiger partial charge in [0.1, 0.15) is 5.82 Å². The Morgan fingerprint density at radius 3 is 2.63 bits per heavy atom. The molecule has 0 aliphatic carbocycles. The summed E-state index contributed by atoms with van der Waals surface area (Å²) in [6.07, 6.45) is 0. The molecule has 0 radical (unpaired) electrons. The van der Waals surface area contributed by atoms with Gasteiger partial charge in [-0.2, -0.15) is 0 Å². The Labute approximate surface area is 115 Å². The highest BCUT2D eigenvalue weighted by molar-refractivity contribution is 5.85. The number of hydrogen-bond acceptors (Lipinski definition) is 2. The van der Waals surface area contributed by atoms with Crippen molar-refractivity contribution < 1.29 is 18.0 Å². The number of carbonyl (C=O) groups is 1. The first kappa shape index (κ1) is 17.7. The van der Waals surface area contributed by atoms with Crippen LogP contribution < -0.4 is 11.1 Å². The van der Waals surface area contributed by atoms with Gasteiger partial charge in [-0.1, -0.05) is 12.1 Å². The summed E-state index contributed by atoms with van der Waals surface area (Å²) in [5.74, 6) is -4.89. The number of halogens is 4. The van der Waals surface area contributed by atoms with Crippen LogP contribution in [-0.4, -0.2) is 24.9 Å². The van der Waals surface area contributed by atoms with Crippen LogP contribution in [0.2, 0.25) is 0 Å². The van der Waals surface area contributed by atoms with Gasteiger partial charge in [0.25, 0.3) is 5.92 Å². The normalized spacial score (nSPS) is 12.5. The molecule has 0 heterocycles. The fraction of sp³-hybridized carbons (Fsp3) is 0.417. The number of carbonyl (C=O) groups excluding carboxylic acids is 1. The molecule has 0 saturated heterocycles. The molecular formula is C12H16ClF3N2O. The molecule has 0 saturated carbocycles. The predicted octanol–water partition coefficient (Wildman–Crippen LogP) is 2.06. The van der Waals surface area contributed by atoms with Gasteiger partial charge in [-0.15, -0.1) is 12.4 Å². The molecule has 1 rings (SSSR count). The van der Waals surface area contributed by atoms with Crippen LogP contribution in [0.5, 0.6) is 0 Å². The number of alkyl halides is 2. The van der Waals surface area contributed by atoms with E-state index in [9.17, 15) is 18.0 Å². The Morgan fingerprint density at radius 2 is 2.11 bits per heavy atom. The minimum Gasteiger partial charge on any atom is -0.349 e. The first-order valence-corrected chi connectivity index (χ1v) is 5.47. The molecular weight excluding hydrogens is 281 g/mol. The maximum Gasteiger partial charge on any atom is 0.277 e. The largest absolute Gasteiger partial charge is 0.349 e. The number of nitrogens with one attached hydrogen (secondary N) is 1. The predicted molar refractivity (Wildman–Crippen MR) is 69.1 cm³/mol. The highest BCUT2D eigenvalue weighted by Crippen LogP contribution is 2.17. The summed E-state index contributed by atoms with van der Waals surface area (Å²) in [6.45, 7) is -0.131. The lowest BCUT2D eigenvalue weighted by molar-refractivity contribution is -0.124. The third-order valence-electron chi connectivity index (χ3n) is 2.56. The van der Waals surface area contributed by atoms with Crippen LogP contribution in [-0.2, 0) is 4.79 Å². The van der Waals surface area contributed by atoms with Gasteiger partial charge in [0.05, 0.1) is 19.0 Å². The van der Waals surface area contributed by atoms with Gasteiger partial charge in [0, 0.05) is 0 Å². The lowest BCUT2D eigenvalue weighted by atomic mass is 10.0. The van der Waals surface area contributed by atoms with E-state index < -0.39 is 36.7 Å². The standard InChI is InChI=1S/C12H15F3N2O.ClH/c1-8(9-3-2-4-10(13)5-9)11(18)17-7-12(14,15)6-16;/h2-5,8H,6-7,16H2,1H3,(H,17,18);1H. The minimum absolute atomic E-state index is 0. The van der Waals surface area contributed by atoms with Gasteiger partial charge in [0.2, 0.25) is 5.91 Å². The maximum absolute atomic E-state index is 13.0. The van der Waals surface area contributed by atoms with Crippen LogP contribution in [0.1, 0.15) is 18.4 Å². The van der Waals surface area contributed by atoms with Gasteiger partial charge in [-0.05, 0) is 24.6 Å². The maximum atomic E-state index is 13.0. The summed E-state index contributed by atoms with van der Waals surface area (Å²) in [6, 6.07) is 5.47. The molecule has 1 aromatic carbocycles. The van der Waals surface area contributed by atoms with E-state index in [0.29, 0.717) is 5.56 Å². The average Bonchev–Trinajstić information content (AvgIpc) is 2.35. The zero-order chi connectivity index (χ0) is 13.8. The highest BCUT2D eigenvalue weighted by Gasteiger charge is 2.28. The zero-order valence-electron chi connectivity index (χ0n) is 10.3. The van der Waals surface area contributed by atoms with Crippen molar-refractivity contribution in [2.45, 2.75) is 18.8 Å². The third kappa shape index (κ3) is 5.48. The second-order valence-electron chi connectivity index (χ2n) is 4.05. The van der Waals surface area contributed by atoms with Crippen LogP contribution in [0.15, 0.2) is 24.3 Å². The topological polar surface area (TPSA) is 55.1 Å². The lowest BCUT2D eigenvalue weighted by Gasteiger charge is -2.17. The van der Waals surface area contributed by atoms with Crippen molar-refractivity contribution in [3.05, 3.63) is 35.6 Å². The Bertz CT molecular complexity index is 429. The number of benzene rings is 1. The van der Waals surface area contributed by atoms with Crippen molar-refractivity contribution in [1.82, 2.24) is 5.32 Å². The second kappa shape index (κ2) is 7.35. The molecule has 0 aliphatic rings. The summed E-state index contributed by atoms with van der Waals surface area (Å²) >= 11 is 0. The second-order valence-corrected chi connectivity index (χ2v) is 4.05. The first-order valence-electron chi connectivity index (χ1n) is 5.47. The molecule has 0 spiro atoms. The molecule has 0 fully saturated rings. The monoisotopic (exact) mass is 296 g/mol. The fourth-order valence-corrected chi connectivity index (χ4v) is 1.37. The Kier molecular flexibility index (Phi) is 6.86. The summed E-state index contributed by atoms with van der Waals surface area (Å²) in [7, 11) is 0. The molecule has 0 aliphatic heterocycles. The molecule has 1 aromatic rings. The van der Waals surface area contributed by atoms with Gasteiger partial charge in [-0.25, -0.2) is 13.2 Å². The molecule has 1 amide bonds. The van der Waals surface area contributed by atoms with Crippen LogP contribution in [0, 0.1) is 5.82 Å². The van der Waals surface area contributed by atoms with Crippen LogP contribution >= 0.6 is 12.4 Å². The molecule has 19 heavy (non-hydrogen) atoms. The number of amides is 1. The van der Waals surface area contributed by atoms with E-state index in [4.69, 9.17) is 5.73 Å². The van der Waals surface area contributed by atoms with E-state index in [1.807, 2.05) is 0 Å². The molecule has 3 N–H and O–H groups in total. The van der Waals surface area contributed by atoms with Crippen molar-refractivity contribution >= 4 is 18.3 Å². The molecule has 3 nitrogen and oxygen atoms in total. The van der Waals surface area contributed by atoms with Crippen LogP contribution in [0.4, 0.5) is 13.2 Å². The first-order chi connectivity index (χ1) is 8.35. The van der Waals surface area contributed by atoms with E-state index >= 15 is 0 Å². The summed E-state index contributed by atoms with van der Waals surface area (Å²) < 4.78 is 38.6.